The fourth-order valence-electron chi connectivity index (χ4n) is 3.87. The second-order valence-corrected chi connectivity index (χ2v) is 6.34. The molecule has 0 aliphatic heterocycles. The summed E-state index contributed by atoms with van der Waals surface area (Å²) < 4.78 is 2.21. The Morgan fingerprint density at radius 3 is 1.56 bits per heavy atom. The molecule has 0 amide bonds. The highest BCUT2D eigenvalue weighted by atomic mass is 15.1. The van der Waals surface area contributed by atoms with Crippen LogP contribution in [0.25, 0.3) is 49.7 Å². The van der Waals surface area contributed by atoms with Crippen LogP contribution in [0.5, 0.6) is 0 Å². The molecular formula is C22H13N3. The molecule has 6 rings (SSSR count). The van der Waals surface area contributed by atoms with Gasteiger partial charge in [-0.2, -0.15) is 0 Å². The summed E-state index contributed by atoms with van der Waals surface area (Å²) in [7, 11) is 0. The van der Waals surface area contributed by atoms with Crippen LogP contribution in [0.2, 0.25) is 0 Å². The maximum atomic E-state index is 4.93. The zero-order chi connectivity index (χ0) is 16.4. The molecule has 3 aromatic carbocycles. The molecule has 0 spiro atoms. The fourth-order valence-corrected chi connectivity index (χ4v) is 3.87. The Balaban J connectivity index is 1.92. The molecule has 3 aromatic heterocycles. The predicted molar refractivity (Wildman–Crippen MR) is 102 cm³/mol. The van der Waals surface area contributed by atoms with Crippen molar-refractivity contribution < 1.29 is 0 Å². The van der Waals surface area contributed by atoms with Crippen LogP contribution >= 0.6 is 0 Å². The highest BCUT2D eigenvalue weighted by molar-refractivity contribution is 6.21. The van der Waals surface area contributed by atoms with Gasteiger partial charge in [0.2, 0.25) is 0 Å². The van der Waals surface area contributed by atoms with Crippen molar-refractivity contribution in [1.82, 2.24) is 14.4 Å². The van der Waals surface area contributed by atoms with Gasteiger partial charge < -0.3 is 0 Å². The highest BCUT2D eigenvalue weighted by Gasteiger charge is 2.19. The van der Waals surface area contributed by atoms with Gasteiger partial charge in [0.25, 0.3) is 0 Å². The van der Waals surface area contributed by atoms with Crippen LogP contribution in [0.4, 0.5) is 0 Å². The second kappa shape index (κ2) is 4.54. The molecule has 0 saturated carbocycles. The Hall–Kier alpha value is -3.46. The molecule has 3 heteroatoms. The third-order valence-corrected chi connectivity index (χ3v) is 4.95. The summed E-state index contributed by atoms with van der Waals surface area (Å²) in [4.78, 5) is 9.86. The first-order valence-electron chi connectivity index (χ1n) is 8.38. The SMILES string of the molecule is c1ccc(-c2nc3c4ccccc4c4c5ccccc5c(n2)n34)cc1. The molecule has 0 aliphatic rings. The molecule has 3 nitrogen and oxygen atoms in total. The molecule has 0 bridgehead atoms. The quantitative estimate of drug-likeness (QED) is 0.412. The molecule has 0 fully saturated rings. The third kappa shape index (κ3) is 1.59. The summed E-state index contributed by atoms with van der Waals surface area (Å²) in [6, 6.07) is 27.2. The molecule has 6 aromatic rings. The second-order valence-electron chi connectivity index (χ2n) is 6.34. The van der Waals surface area contributed by atoms with Crippen molar-refractivity contribution in [2.75, 3.05) is 0 Å². The Morgan fingerprint density at radius 1 is 0.520 bits per heavy atom. The van der Waals surface area contributed by atoms with Crippen molar-refractivity contribution in [1.29, 1.82) is 0 Å². The van der Waals surface area contributed by atoms with Crippen LogP contribution in [0.1, 0.15) is 0 Å². The van der Waals surface area contributed by atoms with Crippen molar-refractivity contribution in [3.8, 4) is 11.4 Å². The number of fused-ring (bicyclic) bond motifs is 6. The van der Waals surface area contributed by atoms with E-state index in [-0.39, 0.29) is 0 Å². The Morgan fingerprint density at radius 2 is 1.00 bits per heavy atom. The van der Waals surface area contributed by atoms with E-state index in [2.05, 4.69) is 65.1 Å². The lowest BCUT2D eigenvalue weighted by Crippen LogP contribution is -1.95. The first-order valence-corrected chi connectivity index (χ1v) is 8.38. The van der Waals surface area contributed by atoms with Gasteiger partial charge in [0, 0.05) is 27.1 Å². The minimum absolute atomic E-state index is 0.773. The number of rotatable bonds is 1. The molecule has 25 heavy (non-hydrogen) atoms. The number of hydrogen-bond donors (Lipinski definition) is 0. The zero-order valence-electron chi connectivity index (χ0n) is 13.3. The first-order chi connectivity index (χ1) is 12.4. The molecule has 0 radical (unpaired) electrons. The van der Waals surface area contributed by atoms with Crippen molar-refractivity contribution in [2.24, 2.45) is 0 Å². The van der Waals surface area contributed by atoms with Gasteiger partial charge >= 0.3 is 0 Å². The van der Waals surface area contributed by atoms with Gasteiger partial charge in [-0.25, -0.2) is 9.97 Å². The van der Waals surface area contributed by atoms with Crippen LogP contribution in [0, 0.1) is 0 Å². The van der Waals surface area contributed by atoms with Crippen LogP contribution in [0.15, 0.2) is 78.9 Å². The predicted octanol–water partition coefficient (Wildman–Crippen LogP) is 5.29. The molecule has 0 aliphatic carbocycles. The van der Waals surface area contributed by atoms with Crippen molar-refractivity contribution in [3.63, 3.8) is 0 Å². The van der Waals surface area contributed by atoms with Crippen LogP contribution in [-0.4, -0.2) is 14.4 Å². The molecule has 0 unspecified atom stereocenters. The monoisotopic (exact) mass is 319 g/mol. The van der Waals surface area contributed by atoms with Gasteiger partial charge in [-0.3, -0.25) is 4.40 Å². The number of benzene rings is 3. The van der Waals surface area contributed by atoms with Crippen LogP contribution in [-0.2, 0) is 0 Å². The van der Waals surface area contributed by atoms with Crippen molar-refractivity contribution >= 4 is 38.4 Å². The lowest BCUT2D eigenvalue weighted by atomic mass is 10.1. The fraction of sp³-hybridized carbons (Fsp3) is 0. The lowest BCUT2D eigenvalue weighted by molar-refractivity contribution is 1.14. The summed E-state index contributed by atoms with van der Waals surface area (Å²) in [5.74, 6) is 0.773. The van der Waals surface area contributed by atoms with Crippen LogP contribution in [0.3, 0.4) is 0 Å². The van der Waals surface area contributed by atoms with E-state index in [9.17, 15) is 0 Å². The first kappa shape index (κ1) is 12.9. The standard InChI is InChI=1S/C22H13N3/c1-2-8-14(9-3-1)20-23-21-17-12-6-4-10-15(17)19-16-11-5-7-13-18(16)22(24-20)25(19)21/h1-13H. The Bertz CT molecular complexity index is 1300. The maximum Gasteiger partial charge on any atom is 0.163 e. The Kier molecular flexibility index (Phi) is 2.35. The lowest BCUT2D eigenvalue weighted by Gasteiger charge is -2.03. The highest BCUT2D eigenvalue weighted by Crippen LogP contribution is 2.37. The average Bonchev–Trinajstić information content (AvgIpc) is 3.20. The molecule has 116 valence electrons. The largest absolute Gasteiger partial charge is 0.277 e. The Labute approximate surface area is 143 Å². The van der Waals surface area contributed by atoms with Crippen molar-refractivity contribution in [3.05, 3.63) is 78.9 Å². The van der Waals surface area contributed by atoms with Gasteiger partial charge in [-0.15, -0.1) is 0 Å². The van der Waals surface area contributed by atoms with Crippen LogP contribution < -0.4 is 0 Å². The minimum atomic E-state index is 0.773. The van der Waals surface area contributed by atoms with Gasteiger partial charge in [-0.05, 0) is 0 Å². The summed E-state index contributed by atoms with van der Waals surface area (Å²) in [6.07, 6.45) is 0. The summed E-state index contributed by atoms with van der Waals surface area (Å²) in [5, 5.41) is 4.81. The van der Waals surface area contributed by atoms with Gasteiger partial charge in [0.15, 0.2) is 5.82 Å². The number of nitrogens with zero attached hydrogens (tertiary/aromatic N) is 3. The third-order valence-electron chi connectivity index (χ3n) is 4.95. The van der Waals surface area contributed by atoms with Gasteiger partial charge in [0.1, 0.15) is 11.3 Å². The van der Waals surface area contributed by atoms with E-state index in [0.717, 1.165) is 22.7 Å². The van der Waals surface area contributed by atoms with E-state index in [1.807, 2.05) is 18.2 Å². The topological polar surface area (TPSA) is 30.2 Å². The van der Waals surface area contributed by atoms with E-state index in [0.29, 0.717) is 0 Å². The minimum Gasteiger partial charge on any atom is -0.277 e. The van der Waals surface area contributed by atoms with E-state index < -0.39 is 0 Å². The zero-order valence-corrected chi connectivity index (χ0v) is 13.3. The van der Waals surface area contributed by atoms with E-state index >= 15 is 0 Å². The van der Waals surface area contributed by atoms with E-state index in [4.69, 9.17) is 9.97 Å². The van der Waals surface area contributed by atoms with Crippen molar-refractivity contribution in [2.45, 2.75) is 0 Å². The molecule has 0 atom stereocenters. The number of hydrogen-bond acceptors (Lipinski definition) is 2. The van der Waals surface area contributed by atoms with Gasteiger partial charge in [0.05, 0.1) is 5.52 Å². The summed E-state index contributed by atoms with van der Waals surface area (Å²) >= 11 is 0. The summed E-state index contributed by atoms with van der Waals surface area (Å²) in [6.45, 7) is 0. The number of aromatic nitrogens is 3. The van der Waals surface area contributed by atoms with E-state index in [1.54, 1.807) is 0 Å². The molecule has 0 saturated heterocycles. The van der Waals surface area contributed by atoms with Gasteiger partial charge in [-0.1, -0.05) is 78.9 Å². The molecule has 3 heterocycles. The summed E-state index contributed by atoms with van der Waals surface area (Å²) in [5.41, 5.74) is 4.20. The maximum absolute atomic E-state index is 4.93. The van der Waals surface area contributed by atoms with E-state index in [1.165, 1.54) is 27.1 Å². The average molecular weight is 319 g/mol. The molecular weight excluding hydrogens is 306 g/mol. The smallest absolute Gasteiger partial charge is 0.163 e. The molecule has 0 N–H and O–H groups in total. The normalized spacial score (nSPS) is 12.0.